The molecule has 2 atom stereocenters. The molecule has 3 aromatic rings. The van der Waals surface area contributed by atoms with E-state index in [9.17, 15) is 10.4 Å². The molecule has 1 aliphatic rings. The van der Waals surface area contributed by atoms with Crippen LogP contribution in [0.4, 0.5) is 5.69 Å². The summed E-state index contributed by atoms with van der Waals surface area (Å²) in [7, 11) is 0. The van der Waals surface area contributed by atoms with E-state index in [1.165, 1.54) is 6.26 Å². The topological polar surface area (TPSA) is 82.5 Å². The Labute approximate surface area is 163 Å². The molecular weight excluding hydrogens is 354 g/mol. The number of nitrogens with zero attached hydrogens (tertiary/aromatic N) is 3. The molecule has 0 radical (unpaired) electrons. The van der Waals surface area contributed by atoms with Gasteiger partial charge < -0.3 is 19.2 Å². The number of benzene rings is 2. The third kappa shape index (κ3) is 3.21. The molecule has 0 amide bonds. The number of anilines is 1. The predicted octanol–water partition coefficient (Wildman–Crippen LogP) is 3.83. The van der Waals surface area contributed by atoms with Gasteiger partial charge in [-0.2, -0.15) is 5.26 Å². The lowest BCUT2D eigenvalue weighted by Crippen LogP contribution is -2.53. The highest BCUT2D eigenvalue weighted by atomic mass is 16.5. The van der Waals surface area contributed by atoms with E-state index in [1.807, 2.05) is 49.1 Å². The first kappa shape index (κ1) is 18.1. The molecule has 1 N–H and O–H groups in total. The number of aliphatic hydroxyl groups is 1. The van der Waals surface area contributed by atoms with Crippen LogP contribution in [0.1, 0.15) is 36.9 Å². The summed E-state index contributed by atoms with van der Waals surface area (Å²) in [6.07, 6.45) is 2.29. The molecule has 0 saturated heterocycles. The summed E-state index contributed by atoms with van der Waals surface area (Å²) in [6, 6.07) is 16.8. The number of aliphatic hydroxyl groups excluding tert-OH is 1. The second-order valence-electron chi connectivity index (χ2n) is 7.35. The first-order valence-corrected chi connectivity index (χ1v) is 9.11. The van der Waals surface area contributed by atoms with E-state index < -0.39 is 17.7 Å². The molecule has 0 aliphatic carbocycles. The Balaban J connectivity index is 1.87. The van der Waals surface area contributed by atoms with E-state index >= 15 is 0 Å². The van der Waals surface area contributed by atoms with E-state index in [4.69, 9.17) is 9.15 Å². The fourth-order valence-electron chi connectivity index (χ4n) is 3.62. The third-order valence-corrected chi connectivity index (χ3v) is 5.05. The highest BCUT2D eigenvalue weighted by Crippen LogP contribution is 2.45. The van der Waals surface area contributed by atoms with E-state index in [0.717, 1.165) is 11.3 Å². The van der Waals surface area contributed by atoms with Crippen LogP contribution in [0.5, 0.6) is 5.75 Å². The van der Waals surface area contributed by atoms with Gasteiger partial charge in [0.05, 0.1) is 30.4 Å². The van der Waals surface area contributed by atoms with Gasteiger partial charge in [-0.05, 0) is 44.2 Å². The van der Waals surface area contributed by atoms with Gasteiger partial charge in [-0.1, -0.05) is 18.2 Å². The van der Waals surface area contributed by atoms with Gasteiger partial charge >= 0.3 is 0 Å². The summed E-state index contributed by atoms with van der Waals surface area (Å²) in [6.45, 7) is 4.09. The maximum atomic E-state index is 11.3. The van der Waals surface area contributed by atoms with Crippen molar-refractivity contribution in [1.29, 1.82) is 5.26 Å². The van der Waals surface area contributed by atoms with Crippen LogP contribution in [0.25, 0.3) is 0 Å². The minimum atomic E-state index is -0.843. The zero-order valence-electron chi connectivity index (χ0n) is 15.7. The second kappa shape index (κ2) is 7.02. The Morgan fingerprint density at radius 3 is 2.68 bits per heavy atom. The summed E-state index contributed by atoms with van der Waals surface area (Å²) in [4.78, 5) is 6.30. The average Bonchev–Trinajstić information content (AvgIpc) is 3.21. The first-order valence-electron chi connectivity index (χ1n) is 9.11. The average molecular weight is 375 g/mol. The largest absolute Gasteiger partial charge is 0.485 e. The zero-order chi connectivity index (χ0) is 19.7. The molecule has 1 aromatic heterocycles. The van der Waals surface area contributed by atoms with Crippen molar-refractivity contribution in [3.8, 4) is 11.8 Å². The fourth-order valence-corrected chi connectivity index (χ4v) is 3.62. The van der Waals surface area contributed by atoms with Gasteiger partial charge in [0.1, 0.15) is 23.7 Å². The summed E-state index contributed by atoms with van der Waals surface area (Å²) < 4.78 is 11.5. The molecule has 0 fully saturated rings. The minimum absolute atomic E-state index is 0.366. The summed E-state index contributed by atoms with van der Waals surface area (Å²) in [5.41, 5.74) is 1.38. The molecule has 0 bridgehead atoms. The maximum absolute atomic E-state index is 11.3. The minimum Gasteiger partial charge on any atom is -0.485 e. The van der Waals surface area contributed by atoms with Gasteiger partial charge in [0.15, 0.2) is 0 Å². The fraction of sp³-hybridized carbons (Fsp3) is 0.273. The number of fused-ring (bicyclic) bond motifs is 1. The summed E-state index contributed by atoms with van der Waals surface area (Å²) >= 11 is 0. The van der Waals surface area contributed by atoms with Gasteiger partial charge in [-0.15, -0.1) is 0 Å². The van der Waals surface area contributed by atoms with Gasteiger partial charge in [-0.25, -0.2) is 4.98 Å². The lowest BCUT2D eigenvalue weighted by molar-refractivity contribution is -0.0592. The normalized spacial score (nSPS) is 19.9. The highest BCUT2D eigenvalue weighted by molar-refractivity contribution is 5.54. The van der Waals surface area contributed by atoms with Crippen LogP contribution in [0.2, 0.25) is 0 Å². The van der Waals surface area contributed by atoms with Gasteiger partial charge in [-0.3, -0.25) is 0 Å². The molecule has 2 aromatic carbocycles. The number of hydrogen-bond donors (Lipinski definition) is 1. The van der Waals surface area contributed by atoms with Crippen molar-refractivity contribution < 1.29 is 14.3 Å². The maximum Gasteiger partial charge on any atom is 0.213 e. The van der Waals surface area contributed by atoms with Crippen molar-refractivity contribution in [2.45, 2.75) is 38.1 Å². The van der Waals surface area contributed by atoms with Crippen molar-refractivity contribution in [3.05, 3.63) is 78.0 Å². The standard InChI is InChI=1S/C22H21N3O3/c1-22(2)21(26)20(17-12-15(13-23)8-9-18(17)28-22)25(14-19-24-10-11-27-19)16-6-4-3-5-7-16/h3-12,20-21,26H,14H2,1-2H3/t20-,21+/m0/s1. The van der Waals surface area contributed by atoms with Gasteiger partial charge in [0, 0.05) is 11.3 Å². The molecule has 4 rings (SSSR count). The summed E-state index contributed by atoms with van der Waals surface area (Å²) in [5.74, 6) is 1.20. The molecule has 28 heavy (non-hydrogen) atoms. The van der Waals surface area contributed by atoms with Crippen LogP contribution in [-0.4, -0.2) is 21.8 Å². The molecule has 6 heteroatoms. The monoisotopic (exact) mass is 375 g/mol. The second-order valence-corrected chi connectivity index (χ2v) is 7.35. The number of oxazole rings is 1. The van der Waals surface area contributed by atoms with Crippen LogP contribution in [0, 0.1) is 11.3 Å². The Morgan fingerprint density at radius 2 is 2.00 bits per heavy atom. The van der Waals surface area contributed by atoms with Crippen LogP contribution >= 0.6 is 0 Å². The van der Waals surface area contributed by atoms with Crippen LogP contribution in [0.3, 0.4) is 0 Å². The molecule has 142 valence electrons. The Morgan fingerprint density at radius 1 is 1.21 bits per heavy atom. The van der Waals surface area contributed by atoms with Gasteiger partial charge in [0.2, 0.25) is 5.89 Å². The van der Waals surface area contributed by atoms with Crippen molar-refractivity contribution in [2.75, 3.05) is 4.90 Å². The third-order valence-electron chi connectivity index (χ3n) is 5.05. The lowest BCUT2D eigenvalue weighted by atomic mass is 9.84. The number of hydrogen-bond acceptors (Lipinski definition) is 6. The number of aromatic nitrogens is 1. The summed E-state index contributed by atoms with van der Waals surface area (Å²) in [5, 5.41) is 20.6. The predicted molar refractivity (Wildman–Crippen MR) is 104 cm³/mol. The van der Waals surface area contributed by atoms with Crippen molar-refractivity contribution in [1.82, 2.24) is 4.98 Å². The van der Waals surface area contributed by atoms with Crippen molar-refractivity contribution >= 4 is 5.69 Å². The molecule has 0 spiro atoms. The van der Waals surface area contributed by atoms with Crippen molar-refractivity contribution in [2.24, 2.45) is 0 Å². The molecule has 6 nitrogen and oxygen atoms in total. The Kier molecular flexibility index (Phi) is 4.54. The van der Waals surface area contributed by atoms with Gasteiger partial charge in [0.25, 0.3) is 0 Å². The molecular formula is C22H21N3O3. The highest BCUT2D eigenvalue weighted by Gasteiger charge is 2.46. The number of nitriles is 1. The van der Waals surface area contributed by atoms with E-state index in [1.54, 1.807) is 24.4 Å². The molecule has 1 aliphatic heterocycles. The van der Waals surface area contributed by atoms with Crippen LogP contribution < -0.4 is 9.64 Å². The SMILES string of the molecule is CC1(C)Oc2ccc(C#N)cc2[C@H](N(Cc2ncco2)c2ccccc2)[C@H]1O. The van der Waals surface area contributed by atoms with Crippen molar-refractivity contribution in [3.63, 3.8) is 0 Å². The number of ether oxygens (including phenoxy) is 1. The van der Waals surface area contributed by atoms with E-state index in [0.29, 0.717) is 23.7 Å². The van der Waals surface area contributed by atoms with E-state index in [-0.39, 0.29) is 0 Å². The van der Waals surface area contributed by atoms with Crippen LogP contribution in [-0.2, 0) is 6.54 Å². The smallest absolute Gasteiger partial charge is 0.213 e. The van der Waals surface area contributed by atoms with E-state index in [2.05, 4.69) is 11.1 Å². The molecule has 2 heterocycles. The molecule has 0 unspecified atom stereocenters. The number of rotatable bonds is 4. The zero-order valence-corrected chi connectivity index (χ0v) is 15.7. The first-order chi connectivity index (χ1) is 13.5. The Hall–Kier alpha value is -3.30. The number of para-hydroxylation sites is 1. The van der Waals surface area contributed by atoms with Crippen LogP contribution in [0.15, 0.2) is 65.4 Å². The Bertz CT molecular complexity index is 994. The lowest BCUT2D eigenvalue weighted by Gasteiger charge is -2.46. The molecule has 0 saturated carbocycles. The quantitative estimate of drug-likeness (QED) is 0.746.